The molecule has 0 bridgehead atoms. The summed E-state index contributed by atoms with van der Waals surface area (Å²) in [5, 5.41) is 6.76. The molecule has 1 aliphatic heterocycles. The molecular formula is C27H28ClN3O. The number of benzene rings is 3. The molecule has 0 aliphatic carbocycles. The van der Waals surface area contributed by atoms with Crippen molar-refractivity contribution in [3.8, 4) is 5.75 Å². The van der Waals surface area contributed by atoms with Crippen molar-refractivity contribution in [1.82, 2.24) is 9.88 Å². The molecule has 1 saturated heterocycles. The third kappa shape index (κ3) is 4.52. The fourth-order valence-corrected chi connectivity index (χ4v) is 4.78. The van der Waals surface area contributed by atoms with Crippen LogP contribution in [0.1, 0.15) is 18.4 Å². The van der Waals surface area contributed by atoms with E-state index in [-0.39, 0.29) is 0 Å². The molecule has 4 aromatic rings. The molecule has 0 unspecified atom stereocenters. The summed E-state index contributed by atoms with van der Waals surface area (Å²) in [4.78, 5) is 7.42. The van der Waals surface area contributed by atoms with Crippen LogP contribution in [0, 0.1) is 0 Å². The molecule has 0 amide bonds. The van der Waals surface area contributed by atoms with Crippen LogP contribution in [0.4, 0.5) is 5.69 Å². The Hall–Kier alpha value is -2.82. The van der Waals surface area contributed by atoms with Crippen molar-refractivity contribution in [2.75, 3.05) is 32.1 Å². The number of aromatic nitrogens is 1. The van der Waals surface area contributed by atoms with Gasteiger partial charge in [-0.05, 0) is 61.2 Å². The lowest BCUT2D eigenvalue weighted by molar-refractivity contribution is 0.221. The van der Waals surface area contributed by atoms with Crippen LogP contribution in [0.3, 0.4) is 0 Å². The number of hydrogen-bond acceptors (Lipinski definition) is 4. The van der Waals surface area contributed by atoms with Gasteiger partial charge >= 0.3 is 0 Å². The van der Waals surface area contributed by atoms with Gasteiger partial charge in [0, 0.05) is 41.5 Å². The van der Waals surface area contributed by atoms with Crippen LogP contribution >= 0.6 is 11.6 Å². The molecule has 2 heterocycles. The van der Waals surface area contributed by atoms with E-state index in [1.54, 1.807) is 7.11 Å². The minimum atomic E-state index is 0.429. The molecule has 0 saturated carbocycles. The SMILES string of the molecule is COc1ccc2nc3cc(Cl)ccc3c(NC3CCN(CCc4ccccc4)CC3)c2c1. The number of ether oxygens (including phenoxy) is 1. The predicted molar refractivity (Wildman–Crippen MR) is 134 cm³/mol. The van der Waals surface area contributed by atoms with E-state index in [9.17, 15) is 0 Å². The van der Waals surface area contributed by atoms with Crippen LogP contribution in [-0.4, -0.2) is 42.7 Å². The molecule has 32 heavy (non-hydrogen) atoms. The van der Waals surface area contributed by atoms with E-state index < -0.39 is 0 Å². The summed E-state index contributed by atoms with van der Waals surface area (Å²) in [7, 11) is 1.70. The molecule has 1 aromatic heterocycles. The highest BCUT2D eigenvalue weighted by molar-refractivity contribution is 6.31. The van der Waals surface area contributed by atoms with Gasteiger partial charge in [-0.25, -0.2) is 4.98 Å². The number of pyridine rings is 1. The normalized spacial score (nSPS) is 15.3. The smallest absolute Gasteiger partial charge is 0.119 e. The molecule has 1 aliphatic rings. The first kappa shape index (κ1) is 21.0. The number of likely N-dealkylation sites (tertiary alicyclic amines) is 1. The molecule has 1 fully saturated rings. The van der Waals surface area contributed by atoms with Crippen LogP contribution < -0.4 is 10.1 Å². The number of fused-ring (bicyclic) bond motifs is 2. The van der Waals surface area contributed by atoms with Crippen LogP contribution in [0.2, 0.25) is 5.02 Å². The second-order valence-electron chi connectivity index (χ2n) is 8.53. The number of nitrogens with zero attached hydrogens (tertiary/aromatic N) is 2. The highest BCUT2D eigenvalue weighted by atomic mass is 35.5. The Morgan fingerprint density at radius 2 is 1.78 bits per heavy atom. The Labute approximate surface area is 194 Å². The monoisotopic (exact) mass is 445 g/mol. The zero-order valence-electron chi connectivity index (χ0n) is 18.4. The van der Waals surface area contributed by atoms with Gasteiger partial charge in [-0.1, -0.05) is 41.9 Å². The Kier molecular flexibility index (Phi) is 6.15. The highest BCUT2D eigenvalue weighted by Gasteiger charge is 2.21. The van der Waals surface area contributed by atoms with Gasteiger partial charge in [0.15, 0.2) is 0 Å². The van der Waals surface area contributed by atoms with Crippen molar-refractivity contribution in [1.29, 1.82) is 0 Å². The molecule has 0 spiro atoms. The standard InChI is InChI=1S/C27H28ClN3O/c1-32-22-8-10-25-24(18-22)27(23-9-7-20(28)17-26(23)30-25)29-21-12-15-31(16-13-21)14-11-19-5-3-2-4-6-19/h2-10,17-18,21H,11-16H2,1H3,(H,29,30). The van der Waals surface area contributed by atoms with Crippen molar-refractivity contribution >= 4 is 39.1 Å². The zero-order chi connectivity index (χ0) is 21.9. The Morgan fingerprint density at radius 1 is 0.969 bits per heavy atom. The second kappa shape index (κ2) is 9.35. The van der Waals surface area contributed by atoms with E-state index >= 15 is 0 Å². The number of nitrogens with one attached hydrogen (secondary N) is 1. The van der Waals surface area contributed by atoms with Crippen molar-refractivity contribution < 1.29 is 4.74 Å². The average molecular weight is 446 g/mol. The van der Waals surface area contributed by atoms with Gasteiger partial charge in [-0.3, -0.25) is 0 Å². The topological polar surface area (TPSA) is 37.4 Å². The lowest BCUT2D eigenvalue weighted by Gasteiger charge is -2.33. The summed E-state index contributed by atoms with van der Waals surface area (Å²) in [5.74, 6) is 0.839. The van der Waals surface area contributed by atoms with Crippen LogP contribution in [0.5, 0.6) is 5.75 Å². The molecular weight excluding hydrogens is 418 g/mol. The molecule has 0 atom stereocenters. The van der Waals surface area contributed by atoms with Crippen LogP contribution in [0.25, 0.3) is 21.8 Å². The van der Waals surface area contributed by atoms with Gasteiger partial charge in [-0.2, -0.15) is 0 Å². The number of piperidine rings is 1. The van der Waals surface area contributed by atoms with Gasteiger partial charge in [-0.15, -0.1) is 0 Å². The maximum Gasteiger partial charge on any atom is 0.119 e. The predicted octanol–water partition coefficient (Wildman–Crippen LogP) is 6.17. The number of rotatable bonds is 6. The molecule has 3 aromatic carbocycles. The lowest BCUT2D eigenvalue weighted by Crippen LogP contribution is -2.40. The summed E-state index contributed by atoms with van der Waals surface area (Å²) < 4.78 is 5.49. The Balaban J connectivity index is 1.35. The maximum absolute atomic E-state index is 6.27. The largest absolute Gasteiger partial charge is 0.497 e. The first-order chi connectivity index (χ1) is 15.7. The van der Waals surface area contributed by atoms with Gasteiger partial charge in [0.2, 0.25) is 0 Å². The third-order valence-corrected chi connectivity index (χ3v) is 6.67. The third-order valence-electron chi connectivity index (χ3n) is 6.44. The molecule has 0 radical (unpaired) electrons. The van der Waals surface area contributed by atoms with Crippen molar-refractivity contribution in [2.45, 2.75) is 25.3 Å². The summed E-state index contributed by atoms with van der Waals surface area (Å²) in [5.41, 5.74) is 4.40. The molecule has 164 valence electrons. The fraction of sp³-hybridized carbons (Fsp3) is 0.296. The number of anilines is 1. The number of hydrogen-bond donors (Lipinski definition) is 1. The van der Waals surface area contributed by atoms with Crippen molar-refractivity contribution in [3.05, 3.63) is 77.3 Å². The molecule has 5 rings (SSSR count). The van der Waals surface area contributed by atoms with E-state index in [1.807, 2.05) is 24.3 Å². The zero-order valence-corrected chi connectivity index (χ0v) is 19.1. The first-order valence-electron chi connectivity index (χ1n) is 11.3. The summed E-state index contributed by atoms with van der Waals surface area (Å²) in [6, 6.07) is 23.2. The van der Waals surface area contributed by atoms with Crippen molar-refractivity contribution in [3.63, 3.8) is 0 Å². The lowest BCUT2D eigenvalue weighted by atomic mass is 10.0. The van der Waals surface area contributed by atoms with Gasteiger partial charge in [0.05, 0.1) is 23.8 Å². The Bertz CT molecular complexity index is 1220. The molecule has 5 heteroatoms. The summed E-state index contributed by atoms with van der Waals surface area (Å²) in [6.45, 7) is 3.34. The van der Waals surface area contributed by atoms with E-state index in [0.29, 0.717) is 11.1 Å². The van der Waals surface area contributed by atoms with Gasteiger partial charge in [0.25, 0.3) is 0 Å². The number of methoxy groups -OCH3 is 1. The second-order valence-corrected chi connectivity index (χ2v) is 8.96. The maximum atomic E-state index is 6.27. The van der Waals surface area contributed by atoms with E-state index in [4.69, 9.17) is 21.3 Å². The summed E-state index contributed by atoms with van der Waals surface area (Å²) in [6.07, 6.45) is 3.36. The minimum absolute atomic E-state index is 0.429. The molecule has 4 nitrogen and oxygen atoms in total. The van der Waals surface area contributed by atoms with Crippen LogP contribution in [0.15, 0.2) is 66.7 Å². The summed E-state index contributed by atoms with van der Waals surface area (Å²) >= 11 is 6.27. The molecule has 1 N–H and O–H groups in total. The van der Waals surface area contributed by atoms with Gasteiger partial charge in [0.1, 0.15) is 5.75 Å². The fourth-order valence-electron chi connectivity index (χ4n) is 4.62. The van der Waals surface area contributed by atoms with E-state index in [0.717, 1.165) is 72.1 Å². The van der Waals surface area contributed by atoms with Crippen molar-refractivity contribution in [2.24, 2.45) is 0 Å². The van der Waals surface area contributed by atoms with Crippen LogP contribution in [-0.2, 0) is 6.42 Å². The van der Waals surface area contributed by atoms with E-state index in [1.165, 1.54) is 5.56 Å². The van der Waals surface area contributed by atoms with Gasteiger partial charge < -0.3 is 15.0 Å². The minimum Gasteiger partial charge on any atom is -0.497 e. The first-order valence-corrected chi connectivity index (χ1v) is 11.7. The Morgan fingerprint density at radius 3 is 2.56 bits per heavy atom. The highest BCUT2D eigenvalue weighted by Crippen LogP contribution is 2.35. The van der Waals surface area contributed by atoms with E-state index in [2.05, 4.69) is 52.7 Å². The average Bonchev–Trinajstić information content (AvgIpc) is 2.83. The number of halogens is 1. The quantitative estimate of drug-likeness (QED) is 0.360.